The monoisotopic (exact) mass is 396 g/mol. The largest absolute Gasteiger partial charge is 0.454 e. The number of benzene rings is 2. The van der Waals surface area contributed by atoms with Crippen molar-refractivity contribution in [2.24, 2.45) is 11.0 Å². The standard InChI is InChI=1S/C19H16N4O6/c24-18-17(13(9-20-18)11-4-2-1-3-5-11)19(25)22-21-8-12-6-15-16(29-10-28-15)7-14(12)23(26)27/h1-8,13,17H,9-10H2,(H,20,24)(H,22,25)/b21-8+/t13-,17+/m1/s1. The van der Waals surface area contributed by atoms with Crippen LogP contribution < -0.4 is 20.2 Å². The molecule has 2 heterocycles. The minimum Gasteiger partial charge on any atom is -0.454 e. The van der Waals surface area contributed by atoms with Crippen LogP contribution in [0, 0.1) is 16.0 Å². The predicted octanol–water partition coefficient (Wildman–Crippen LogP) is 1.30. The Morgan fingerprint density at radius 1 is 1.24 bits per heavy atom. The molecule has 4 rings (SSSR count). The summed E-state index contributed by atoms with van der Waals surface area (Å²) < 4.78 is 10.3. The fraction of sp³-hybridized carbons (Fsp3) is 0.211. The number of nitro benzene ring substituents is 1. The number of rotatable bonds is 5. The number of fused-ring (bicyclic) bond motifs is 1. The summed E-state index contributed by atoms with van der Waals surface area (Å²) in [6.45, 7) is 0.319. The maximum absolute atomic E-state index is 12.6. The average molecular weight is 396 g/mol. The first kappa shape index (κ1) is 18.4. The summed E-state index contributed by atoms with van der Waals surface area (Å²) in [6, 6.07) is 11.9. The summed E-state index contributed by atoms with van der Waals surface area (Å²) >= 11 is 0. The van der Waals surface area contributed by atoms with Gasteiger partial charge in [-0.2, -0.15) is 5.10 Å². The van der Waals surface area contributed by atoms with Gasteiger partial charge in [0.05, 0.1) is 22.8 Å². The molecular weight excluding hydrogens is 380 g/mol. The van der Waals surface area contributed by atoms with E-state index in [1.54, 1.807) is 0 Å². The Hall–Kier alpha value is -3.95. The van der Waals surface area contributed by atoms with Crippen molar-refractivity contribution in [1.82, 2.24) is 10.7 Å². The van der Waals surface area contributed by atoms with E-state index in [1.165, 1.54) is 12.1 Å². The third-order valence-electron chi connectivity index (χ3n) is 4.79. The highest BCUT2D eigenvalue weighted by molar-refractivity contribution is 6.03. The van der Waals surface area contributed by atoms with Gasteiger partial charge in [0.25, 0.3) is 11.6 Å². The van der Waals surface area contributed by atoms with E-state index in [4.69, 9.17) is 9.47 Å². The molecule has 2 atom stereocenters. The van der Waals surface area contributed by atoms with Gasteiger partial charge in [0, 0.05) is 12.5 Å². The summed E-state index contributed by atoms with van der Waals surface area (Å²) in [5, 5.41) is 17.8. The lowest BCUT2D eigenvalue weighted by molar-refractivity contribution is -0.385. The molecule has 29 heavy (non-hydrogen) atoms. The Bertz CT molecular complexity index is 1010. The van der Waals surface area contributed by atoms with Crippen LogP contribution in [0.1, 0.15) is 17.0 Å². The molecular formula is C19H16N4O6. The van der Waals surface area contributed by atoms with Gasteiger partial charge >= 0.3 is 0 Å². The number of amides is 2. The second kappa shape index (κ2) is 7.58. The molecule has 0 saturated carbocycles. The highest BCUT2D eigenvalue weighted by Crippen LogP contribution is 2.37. The number of hydrogen-bond acceptors (Lipinski definition) is 7. The molecule has 10 heteroatoms. The lowest BCUT2D eigenvalue weighted by Gasteiger charge is -2.15. The van der Waals surface area contributed by atoms with E-state index in [0.29, 0.717) is 12.3 Å². The van der Waals surface area contributed by atoms with Crippen LogP contribution in [0.5, 0.6) is 11.5 Å². The molecule has 0 radical (unpaired) electrons. The second-order valence-corrected chi connectivity index (χ2v) is 6.50. The van der Waals surface area contributed by atoms with Crippen molar-refractivity contribution in [2.45, 2.75) is 5.92 Å². The lowest BCUT2D eigenvalue weighted by Crippen LogP contribution is -2.34. The van der Waals surface area contributed by atoms with Gasteiger partial charge in [-0.1, -0.05) is 30.3 Å². The van der Waals surface area contributed by atoms with Crippen molar-refractivity contribution in [3.8, 4) is 11.5 Å². The zero-order valence-corrected chi connectivity index (χ0v) is 15.0. The van der Waals surface area contributed by atoms with E-state index >= 15 is 0 Å². The van der Waals surface area contributed by atoms with Crippen molar-refractivity contribution in [2.75, 3.05) is 13.3 Å². The Morgan fingerprint density at radius 3 is 2.69 bits per heavy atom. The number of nitrogens with zero attached hydrogens (tertiary/aromatic N) is 2. The van der Waals surface area contributed by atoms with Crippen molar-refractivity contribution in [1.29, 1.82) is 0 Å². The van der Waals surface area contributed by atoms with E-state index in [1.807, 2.05) is 30.3 Å². The molecule has 0 bridgehead atoms. The number of nitrogens with one attached hydrogen (secondary N) is 2. The molecule has 0 aromatic heterocycles. The first-order valence-corrected chi connectivity index (χ1v) is 8.78. The minimum atomic E-state index is -0.943. The zero-order valence-electron chi connectivity index (χ0n) is 15.0. The smallest absolute Gasteiger partial charge is 0.282 e. The van der Waals surface area contributed by atoms with Gasteiger partial charge in [0.1, 0.15) is 5.92 Å². The van der Waals surface area contributed by atoms with Crippen LogP contribution in [0.15, 0.2) is 47.6 Å². The van der Waals surface area contributed by atoms with Gasteiger partial charge in [-0.25, -0.2) is 5.43 Å². The molecule has 2 aliphatic heterocycles. The molecule has 1 fully saturated rings. The van der Waals surface area contributed by atoms with Gasteiger partial charge in [-0.05, 0) is 11.6 Å². The van der Waals surface area contributed by atoms with Crippen LogP contribution in [0.25, 0.3) is 0 Å². The molecule has 0 unspecified atom stereocenters. The number of carbonyl (C=O) groups excluding carboxylic acids is 2. The molecule has 2 aromatic rings. The van der Waals surface area contributed by atoms with Gasteiger partial charge in [-0.3, -0.25) is 19.7 Å². The third kappa shape index (κ3) is 3.59. The third-order valence-corrected chi connectivity index (χ3v) is 4.79. The second-order valence-electron chi connectivity index (χ2n) is 6.50. The van der Waals surface area contributed by atoms with Crippen LogP contribution in [-0.4, -0.2) is 36.3 Å². The van der Waals surface area contributed by atoms with Crippen LogP contribution >= 0.6 is 0 Å². The number of hydrogen-bond donors (Lipinski definition) is 2. The van der Waals surface area contributed by atoms with Crippen molar-refractivity contribution in [3.05, 3.63) is 63.7 Å². The van der Waals surface area contributed by atoms with E-state index in [2.05, 4.69) is 15.8 Å². The molecule has 2 aromatic carbocycles. The number of nitro groups is 1. The minimum absolute atomic E-state index is 0.0263. The maximum Gasteiger partial charge on any atom is 0.282 e. The van der Waals surface area contributed by atoms with Crippen LogP contribution in [-0.2, 0) is 9.59 Å². The molecule has 148 valence electrons. The summed E-state index contributed by atoms with van der Waals surface area (Å²) in [5.41, 5.74) is 3.07. The highest BCUT2D eigenvalue weighted by atomic mass is 16.7. The van der Waals surface area contributed by atoms with E-state index in [9.17, 15) is 19.7 Å². The molecule has 10 nitrogen and oxygen atoms in total. The topological polar surface area (TPSA) is 132 Å². The Labute approximate surface area is 164 Å². The SMILES string of the molecule is O=C1NC[C@H](c2ccccc2)[C@@H]1C(=O)N/N=C/c1cc2c(cc1[N+](=O)[O-])OCO2. The summed E-state index contributed by atoms with van der Waals surface area (Å²) in [7, 11) is 0. The number of hydrazone groups is 1. The Morgan fingerprint density at radius 2 is 1.97 bits per heavy atom. The Kier molecular flexibility index (Phi) is 4.82. The van der Waals surface area contributed by atoms with Crippen LogP contribution in [0.2, 0.25) is 0 Å². The summed E-state index contributed by atoms with van der Waals surface area (Å²) in [4.78, 5) is 35.4. The summed E-state index contributed by atoms with van der Waals surface area (Å²) in [6.07, 6.45) is 1.14. The van der Waals surface area contributed by atoms with Gasteiger partial charge in [0.2, 0.25) is 12.7 Å². The maximum atomic E-state index is 12.6. The fourth-order valence-corrected chi connectivity index (χ4v) is 3.38. The van der Waals surface area contributed by atoms with Crippen molar-refractivity contribution >= 4 is 23.7 Å². The predicted molar refractivity (Wildman–Crippen MR) is 101 cm³/mol. The van der Waals surface area contributed by atoms with E-state index in [0.717, 1.165) is 11.8 Å². The van der Waals surface area contributed by atoms with Gasteiger partial charge in [0.15, 0.2) is 11.5 Å². The average Bonchev–Trinajstić information content (AvgIpc) is 3.33. The van der Waals surface area contributed by atoms with Crippen LogP contribution in [0.4, 0.5) is 5.69 Å². The normalized spacial score (nSPS) is 19.9. The quantitative estimate of drug-likeness (QED) is 0.339. The molecule has 1 saturated heterocycles. The van der Waals surface area contributed by atoms with Gasteiger partial charge < -0.3 is 14.8 Å². The first-order valence-electron chi connectivity index (χ1n) is 8.78. The van der Waals surface area contributed by atoms with E-state index in [-0.39, 0.29) is 35.6 Å². The van der Waals surface area contributed by atoms with Gasteiger partial charge in [-0.15, -0.1) is 0 Å². The fourth-order valence-electron chi connectivity index (χ4n) is 3.38. The summed E-state index contributed by atoms with van der Waals surface area (Å²) in [5.74, 6) is -1.62. The number of ether oxygens (including phenoxy) is 2. The molecule has 0 spiro atoms. The number of carbonyl (C=O) groups is 2. The lowest BCUT2D eigenvalue weighted by atomic mass is 9.88. The molecule has 2 N–H and O–H groups in total. The Balaban J connectivity index is 1.51. The first-order chi connectivity index (χ1) is 14.0. The molecule has 2 aliphatic rings. The zero-order chi connectivity index (χ0) is 20.4. The van der Waals surface area contributed by atoms with Crippen molar-refractivity contribution < 1.29 is 24.0 Å². The molecule has 0 aliphatic carbocycles. The molecule has 2 amide bonds. The van der Waals surface area contributed by atoms with E-state index < -0.39 is 16.7 Å². The highest BCUT2D eigenvalue weighted by Gasteiger charge is 2.41. The van der Waals surface area contributed by atoms with Crippen LogP contribution in [0.3, 0.4) is 0 Å². The van der Waals surface area contributed by atoms with Crippen molar-refractivity contribution in [3.63, 3.8) is 0 Å².